The van der Waals surface area contributed by atoms with Gasteiger partial charge in [0.2, 0.25) is 0 Å². The molecule has 0 atom stereocenters. The molecule has 0 saturated carbocycles. The third-order valence-corrected chi connectivity index (χ3v) is 3.01. The molecule has 0 aromatic heterocycles. The van der Waals surface area contributed by atoms with Crippen molar-refractivity contribution in [2.24, 2.45) is 5.41 Å². The molecule has 2 rings (SSSR count). The normalized spacial score (nSPS) is 15.3. The van der Waals surface area contributed by atoms with Crippen LogP contribution in [-0.2, 0) is 4.79 Å². The first-order chi connectivity index (χ1) is 8.37. The second-order valence-electron chi connectivity index (χ2n) is 5.87. The lowest BCUT2D eigenvalue weighted by atomic mass is 9.92. The summed E-state index contributed by atoms with van der Waals surface area (Å²) in [5.74, 6) is 0.708. The Balaban J connectivity index is 2.23. The summed E-state index contributed by atoms with van der Waals surface area (Å²) in [4.78, 5) is 13.7. The van der Waals surface area contributed by atoms with Gasteiger partial charge in [-0.25, -0.2) is 0 Å². The number of fused-ring (bicyclic) bond motifs is 1. The van der Waals surface area contributed by atoms with Crippen molar-refractivity contribution < 1.29 is 9.53 Å². The predicted molar refractivity (Wildman–Crippen MR) is 72.8 cm³/mol. The number of ether oxygens (including phenoxy) is 1. The lowest BCUT2D eigenvalue weighted by Gasteiger charge is -2.31. The molecule has 1 heterocycles. The van der Waals surface area contributed by atoms with Gasteiger partial charge in [0.15, 0.2) is 6.61 Å². The van der Waals surface area contributed by atoms with Crippen LogP contribution < -0.4 is 15.4 Å². The number of amides is 1. The average molecular weight is 248 g/mol. The van der Waals surface area contributed by atoms with Gasteiger partial charge in [0.25, 0.3) is 5.91 Å². The highest BCUT2D eigenvalue weighted by molar-refractivity contribution is 5.98. The van der Waals surface area contributed by atoms with E-state index in [0.29, 0.717) is 18.0 Å². The number of anilines is 2. The summed E-state index contributed by atoms with van der Waals surface area (Å²) in [6, 6.07) is 5.42. The Bertz CT molecular complexity index is 463. The van der Waals surface area contributed by atoms with E-state index in [1.54, 1.807) is 17.0 Å². The Kier molecular flexibility index (Phi) is 3.20. The fourth-order valence-electron chi connectivity index (χ4n) is 1.91. The molecule has 0 aliphatic carbocycles. The molecule has 0 saturated heterocycles. The highest BCUT2D eigenvalue weighted by atomic mass is 16.5. The van der Waals surface area contributed by atoms with Gasteiger partial charge in [0, 0.05) is 18.3 Å². The van der Waals surface area contributed by atoms with Crippen molar-refractivity contribution in [2.75, 3.05) is 23.8 Å². The van der Waals surface area contributed by atoms with Crippen LogP contribution in [0.2, 0.25) is 0 Å². The maximum absolute atomic E-state index is 11.9. The number of carbonyl (C=O) groups excluding carboxylic acids is 1. The fourth-order valence-corrected chi connectivity index (χ4v) is 1.91. The minimum absolute atomic E-state index is 0.0107. The number of benzene rings is 1. The van der Waals surface area contributed by atoms with Gasteiger partial charge in [0.05, 0.1) is 5.69 Å². The Morgan fingerprint density at radius 2 is 2.11 bits per heavy atom. The minimum atomic E-state index is 0.0107. The molecule has 1 amide bonds. The largest absolute Gasteiger partial charge is 0.481 e. The first-order valence-electron chi connectivity index (χ1n) is 6.19. The number of nitrogens with zero attached hydrogens (tertiary/aromatic N) is 1. The van der Waals surface area contributed by atoms with Crippen LogP contribution in [0.1, 0.15) is 27.2 Å². The molecular weight excluding hydrogens is 228 g/mol. The van der Waals surface area contributed by atoms with Crippen LogP contribution in [0.15, 0.2) is 18.2 Å². The fraction of sp³-hybridized carbons (Fsp3) is 0.500. The average Bonchev–Trinajstić information content (AvgIpc) is 2.26. The molecule has 4 nitrogen and oxygen atoms in total. The highest BCUT2D eigenvalue weighted by Crippen LogP contribution is 2.34. The summed E-state index contributed by atoms with van der Waals surface area (Å²) in [6.07, 6.45) is 0.947. The lowest BCUT2D eigenvalue weighted by molar-refractivity contribution is -0.121. The third-order valence-electron chi connectivity index (χ3n) is 3.01. The minimum Gasteiger partial charge on any atom is -0.481 e. The molecule has 0 bridgehead atoms. The first kappa shape index (κ1) is 12.7. The summed E-state index contributed by atoms with van der Waals surface area (Å²) in [5, 5.41) is 0. The van der Waals surface area contributed by atoms with Crippen LogP contribution in [0.3, 0.4) is 0 Å². The molecular formula is C14H20N2O2. The lowest BCUT2D eigenvalue weighted by Crippen LogP contribution is -2.40. The molecule has 4 heteroatoms. The quantitative estimate of drug-likeness (QED) is 0.818. The van der Waals surface area contributed by atoms with E-state index in [4.69, 9.17) is 10.5 Å². The number of hydrogen-bond acceptors (Lipinski definition) is 3. The Hall–Kier alpha value is -1.71. The smallest absolute Gasteiger partial charge is 0.265 e. The molecule has 1 aromatic rings. The van der Waals surface area contributed by atoms with E-state index in [0.717, 1.165) is 12.1 Å². The van der Waals surface area contributed by atoms with E-state index in [2.05, 4.69) is 20.8 Å². The number of rotatable bonds is 2. The zero-order chi connectivity index (χ0) is 13.3. The van der Waals surface area contributed by atoms with Crippen molar-refractivity contribution in [1.82, 2.24) is 0 Å². The Morgan fingerprint density at radius 1 is 1.39 bits per heavy atom. The van der Waals surface area contributed by atoms with Crippen molar-refractivity contribution in [1.29, 1.82) is 0 Å². The van der Waals surface area contributed by atoms with Crippen molar-refractivity contribution >= 4 is 17.3 Å². The summed E-state index contributed by atoms with van der Waals surface area (Å²) in [5.41, 5.74) is 7.40. The predicted octanol–water partition coefficient (Wildman–Crippen LogP) is 2.43. The van der Waals surface area contributed by atoms with Crippen LogP contribution in [0, 0.1) is 5.41 Å². The van der Waals surface area contributed by atoms with Crippen LogP contribution in [0.5, 0.6) is 5.75 Å². The molecule has 1 aliphatic rings. The van der Waals surface area contributed by atoms with Crippen LogP contribution in [-0.4, -0.2) is 19.1 Å². The number of nitrogen functional groups attached to an aromatic ring is 1. The van der Waals surface area contributed by atoms with Gasteiger partial charge >= 0.3 is 0 Å². The third kappa shape index (κ3) is 2.75. The molecule has 0 radical (unpaired) electrons. The van der Waals surface area contributed by atoms with Gasteiger partial charge < -0.3 is 15.4 Å². The van der Waals surface area contributed by atoms with Gasteiger partial charge in [-0.15, -0.1) is 0 Å². The standard InChI is InChI=1S/C14H20N2O2/c1-14(2,3)6-7-16-11-5-4-10(15)8-12(11)18-9-13(16)17/h4-5,8H,6-7,9,15H2,1-3H3. The van der Waals surface area contributed by atoms with Crippen LogP contribution in [0.4, 0.5) is 11.4 Å². The number of hydrogen-bond donors (Lipinski definition) is 1. The van der Waals surface area contributed by atoms with Crippen molar-refractivity contribution in [3.05, 3.63) is 18.2 Å². The zero-order valence-electron chi connectivity index (χ0n) is 11.2. The van der Waals surface area contributed by atoms with Crippen LogP contribution in [0.25, 0.3) is 0 Å². The first-order valence-corrected chi connectivity index (χ1v) is 6.19. The SMILES string of the molecule is CC(C)(C)CCN1C(=O)COc2cc(N)ccc21. The Morgan fingerprint density at radius 3 is 2.78 bits per heavy atom. The maximum Gasteiger partial charge on any atom is 0.265 e. The van der Waals surface area contributed by atoms with E-state index in [-0.39, 0.29) is 17.9 Å². The van der Waals surface area contributed by atoms with Crippen molar-refractivity contribution in [3.8, 4) is 5.75 Å². The van der Waals surface area contributed by atoms with Gasteiger partial charge in [0.1, 0.15) is 5.75 Å². The number of carbonyl (C=O) groups is 1. The van der Waals surface area contributed by atoms with E-state index in [9.17, 15) is 4.79 Å². The Labute approximate surface area is 108 Å². The summed E-state index contributed by atoms with van der Waals surface area (Å²) < 4.78 is 5.41. The van der Waals surface area contributed by atoms with Gasteiger partial charge in [-0.2, -0.15) is 0 Å². The summed E-state index contributed by atoms with van der Waals surface area (Å²) >= 11 is 0. The number of nitrogens with two attached hydrogens (primary N) is 1. The van der Waals surface area contributed by atoms with Crippen molar-refractivity contribution in [2.45, 2.75) is 27.2 Å². The highest BCUT2D eigenvalue weighted by Gasteiger charge is 2.26. The van der Waals surface area contributed by atoms with Crippen LogP contribution >= 0.6 is 0 Å². The van der Waals surface area contributed by atoms with Gasteiger partial charge in [-0.1, -0.05) is 20.8 Å². The molecule has 0 fully saturated rings. The van der Waals surface area contributed by atoms with E-state index in [1.807, 2.05) is 6.07 Å². The van der Waals surface area contributed by atoms with E-state index in [1.165, 1.54) is 0 Å². The molecule has 0 unspecified atom stereocenters. The molecule has 1 aliphatic heterocycles. The molecule has 98 valence electrons. The second-order valence-corrected chi connectivity index (χ2v) is 5.87. The summed E-state index contributed by atoms with van der Waals surface area (Å²) in [7, 11) is 0. The van der Waals surface area contributed by atoms with Gasteiger partial charge in [-0.05, 0) is 24.0 Å². The molecule has 0 spiro atoms. The van der Waals surface area contributed by atoms with Crippen molar-refractivity contribution in [3.63, 3.8) is 0 Å². The van der Waals surface area contributed by atoms with E-state index < -0.39 is 0 Å². The monoisotopic (exact) mass is 248 g/mol. The molecule has 2 N–H and O–H groups in total. The van der Waals surface area contributed by atoms with Gasteiger partial charge in [-0.3, -0.25) is 4.79 Å². The molecule has 1 aromatic carbocycles. The second kappa shape index (κ2) is 4.52. The maximum atomic E-state index is 11.9. The summed E-state index contributed by atoms with van der Waals surface area (Å²) in [6.45, 7) is 7.31. The molecule has 18 heavy (non-hydrogen) atoms. The van der Waals surface area contributed by atoms with E-state index >= 15 is 0 Å². The topological polar surface area (TPSA) is 55.6 Å². The zero-order valence-corrected chi connectivity index (χ0v) is 11.2.